The van der Waals surface area contributed by atoms with E-state index in [9.17, 15) is 18.8 Å². The average Bonchev–Trinajstić information content (AvgIpc) is 2.94. The lowest BCUT2D eigenvalue weighted by Crippen LogP contribution is -2.50. The van der Waals surface area contributed by atoms with Crippen LogP contribution in [-0.4, -0.2) is 48.6 Å². The Hall–Kier alpha value is -3.92. The molecule has 2 aliphatic rings. The molecule has 5 rings (SSSR count). The van der Waals surface area contributed by atoms with Crippen molar-refractivity contribution in [2.45, 2.75) is 18.9 Å². The number of nitrogens with one attached hydrogen (secondary N) is 1. The summed E-state index contributed by atoms with van der Waals surface area (Å²) < 4.78 is 27.7. The first-order valence-electron chi connectivity index (χ1n) is 12.5. The zero-order valence-corrected chi connectivity index (χ0v) is 23.0. The topological polar surface area (TPSA) is 89.9 Å². The van der Waals surface area contributed by atoms with Crippen molar-refractivity contribution >= 4 is 33.8 Å². The second-order valence-electron chi connectivity index (χ2n) is 9.66. The van der Waals surface area contributed by atoms with E-state index in [1.807, 2.05) is 6.07 Å². The Morgan fingerprint density at radius 2 is 1.82 bits per heavy atom. The van der Waals surface area contributed by atoms with Gasteiger partial charge in [-0.15, -0.1) is 0 Å². The molecule has 2 unspecified atom stereocenters. The van der Waals surface area contributed by atoms with Gasteiger partial charge in [-0.05, 0) is 60.9 Å². The van der Waals surface area contributed by atoms with Gasteiger partial charge in [0.05, 0.1) is 14.2 Å². The van der Waals surface area contributed by atoms with Crippen LogP contribution in [0.15, 0.2) is 69.6 Å². The van der Waals surface area contributed by atoms with Crippen LogP contribution in [0.5, 0.6) is 11.5 Å². The summed E-state index contributed by atoms with van der Waals surface area (Å²) in [6, 6.07) is 14.2. The number of fused-ring (bicyclic) bond motifs is 4. The molecule has 1 N–H and O–H groups in total. The highest BCUT2D eigenvalue weighted by atomic mass is 79.9. The van der Waals surface area contributed by atoms with Gasteiger partial charge in [-0.25, -0.2) is 4.39 Å². The van der Waals surface area contributed by atoms with E-state index in [1.165, 1.54) is 32.4 Å². The lowest BCUT2D eigenvalue weighted by molar-refractivity contribution is -0.130. The molecular formula is C29H27BrFN3O5. The lowest BCUT2D eigenvalue weighted by atomic mass is 9.83. The normalized spacial score (nSPS) is 18.3. The van der Waals surface area contributed by atoms with E-state index in [1.54, 1.807) is 45.9 Å². The Balaban J connectivity index is 1.47. The predicted octanol–water partition coefficient (Wildman–Crippen LogP) is 4.18. The van der Waals surface area contributed by atoms with E-state index in [-0.39, 0.29) is 34.2 Å². The van der Waals surface area contributed by atoms with Crippen molar-refractivity contribution in [1.29, 1.82) is 0 Å². The zero-order valence-electron chi connectivity index (χ0n) is 21.4. The summed E-state index contributed by atoms with van der Waals surface area (Å²) in [6.07, 6.45) is 2.22. The van der Waals surface area contributed by atoms with Crippen molar-refractivity contribution < 1.29 is 23.5 Å². The van der Waals surface area contributed by atoms with Crippen LogP contribution < -0.4 is 20.3 Å². The van der Waals surface area contributed by atoms with E-state index in [2.05, 4.69) is 21.2 Å². The molecule has 3 aromatic rings. The smallest absolute Gasteiger partial charge is 0.270 e. The van der Waals surface area contributed by atoms with E-state index >= 15 is 0 Å². The van der Waals surface area contributed by atoms with Crippen molar-refractivity contribution in [3.63, 3.8) is 0 Å². The number of hydrogen-bond acceptors (Lipinski definition) is 5. The molecule has 2 bridgehead atoms. The molecule has 0 aliphatic carbocycles. The minimum absolute atomic E-state index is 0.0132. The standard InChI is InChI=1S/C29H27BrFN3O5/c1-38-25-9-6-18(13-26(25)39-2)28(36)32-23(12-19-11-21(30)7-8-22(19)31)29(37)33-14-17-10-20(16-33)24-4-3-5-27(35)34(24)15-17/h3-9,11-13,17,20H,10,14-16H2,1-2H3,(H,32,36). The van der Waals surface area contributed by atoms with Crippen LogP contribution in [0.2, 0.25) is 0 Å². The molecule has 8 nitrogen and oxygen atoms in total. The molecule has 1 fully saturated rings. The Labute approximate surface area is 233 Å². The van der Waals surface area contributed by atoms with Gasteiger partial charge in [-0.2, -0.15) is 0 Å². The van der Waals surface area contributed by atoms with E-state index in [4.69, 9.17) is 9.47 Å². The second kappa shape index (κ2) is 11.1. The number of pyridine rings is 1. The minimum atomic E-state index is -0.556. The number of benzene rings is 2. The van der Waals surface area contributed by atoms with Gasteiger partial charge in [0.2, 0.25) is 0 Å². The van der Waals surface area contributed by atoms with E-state index in [0.29, 0.717) is 35.6 Å². The Morgan fingerprint density at radius 1 is 1.03 bits per heavy atom. The molecule has 2 aromatic carbocycles. The van der Waals surface area contributed by atoms with Gasteiger partial charge in [0.25, 0.3) is 17.4 Å². The summed E-state index contributed by atoms with van der Waals surface area (Å²) >= 11 is 3.34. The second-order valence-corrected chi connectivity index (χ2v) is 10.6. The van der Waals surface area contributed by atoms with Crippen LogP contribution in [-0.2, 0) is 11.3 Å². The maximum atomic E-state index is 14.7. The fourth-order valence-corrected chi connectivity index (χ4v) is 5.72. The molecule has 0 saturated carbocycles. The molecule has 1 aromatic heterocycles. The summed E-state index contributed by atoms with van der Waals surface area (Å²) in [5, 5.41) is 2.71. The molecule has 3 heterocycles. The fraction of sp³-hybridized carbons (Fsp3) is 0.276. The van der Waals surface area contributed by atoms with Crippen molar-refractivity contribution in [2.24, 2.45) is 5.92 Å². The molecule has 2 atom stereocenters. The predicted molar refractivity (Wildman–Crippen MR) is 147 cm³/mol. The number of halogens is 2. The van der Waals surface area contributed by atoms with Crippen LogP contribution in [0.1, 0.15) is 34.0 Å². The number of aromatic nitrogens is 1. The highest BCUT2D eigenvalue weighted by Gasteiger charge is 2.37. The molecule has 1 saturated heterocycles. The third kappa shape index (κ3) is 5.47. The molecule has 2 amide bonds. The minimum Gasteiger partial charge on any atom is -0.493 e. The third-order valence-corrected chi connectivity index (χ3v) is 7.64. The van der Waals surface area contributed by atoms with Crippen molar-refractivity contribution in [3.8, 4) is 11.5 Å². The molecule has 10 heteroatoms. The molecule has 39 heavy (non-hydrogen) atoms. The zero-order chi connectivity index (χ0) is 27.7. The Kier molecular flexibility index (Phi) is 7.56. The Bertz CT molecular complexity index is 1540. The number of hydrogen-bond donors (Lipinski definition) is 1. The highest BCUT2D eigenvalue weighted by molar-refractivity contribution is 9.10. The lowest BCUT2D eigenvalue weighted by Gasteiger charge is -2.43. The number of piperidine rings is 1. The van der Waals surface area contributed by atoms with Gasteiger partial charge < -0.3 is 24.3 Å². The first-order chi connectivity index (χ1) is 18.8. The average molecular weight is 596 g/mol. The van der Waals surface area contributed by atoms with Gasteiger partial charge >= 0.3 is 0 Å². The summed E-state index contributed by atoms with van der Waals surface area (Å²) in [5.41, 5.74) is 1.18. The molecule has 2 aliphatic heterocycles. The summed E-state index contributed by atoms with van der Waals surface area (Å²) in [6.45, 7) is 1.32. The van der Waals surface area contributed by atoms with E-state index < -0.39 is 17.6 Å². The van der Waals surface area contributed by atoms with Crippen molar-refractivity contribution in [3.05, 3.63) is 97.8 Å². The number of amides is 2. The maximum absolute atomic E-state index is 14.7. The fourth-order valence-electron chi connectivity index (χ4n) is 5.34. The quantitative estimate of drug-likeness (QED) is 0.432. The highest BCUT2D eigenvalue weighted by Crippen LogP contribution is 2.35. The van der Waals surface area contributed by atoms with E-state index in [0.717, 1.165) is 12.1 Å². The SMILES string of the molecule is COc1ccc(C(=O)NC(=Cc2cc(Br)ccc2F)C(=O)N2CC3CC(C2)c2cccc(=O)n2C3)cc1OC. The van der Waals surface area contributed by atoms with Crippen LogP contribution in [0.3, 0.4) is 0 Å². The number of carbonyl (C=O) groups excluding carboxylic acids is 2. The van der Waals surface area contributed by atoms with Gasteiger partial charge in [0.15, 0.2) is 11.5 Å². The van der Waals surface area contributed by atoms with Crippen molar-refractivity contribution in [2.75, 3.05) is 27.3 Å². The first kappa shape index (κ1) is 26.7. The van der Waals surface area contributed by atoms with Crippen LogP contribution in [0, 0.1) is 11.7 Å². The van der Waals surface area contributed by atoms with Gasteiger partial charge in [-0.3, -0.25) is 14.4 Å². The number of rotatable bonds is 6. The van der Waals surface area contributed by atoms with Gasteiger partial charge in [0, 0.05) is 52.9 Å². The molecule has 0 spiro atoms. The molecular weight excluding hydrogens is 569 g/mol. The number of likely N-dealkylation sites (tertiary alicyclic amines) is 1. The first-order valence-corrected chi connectivity index (χ1v) is 13.3. The van der Waals surface area contributed by atoms with Crippen molar-refractivity contribution in [1.82, 2.24) is 14.8 Å². The summed E-state index contributed by atoms with van der Waals surface area (Å²) in [5.74, 6) is -0.627. The molecule has 0 radical (unpaired) electrons. The summed E-state index contributed by atoms with van der Waals surface area (Å²) in [7, 11) is 2.95. The van der Waals surface area contributed by atoms with Crippen LogP contribution in [0.25, 0.3) is 6.08 Å². The number of carbonyl (C=O) groups is 2. The monoisotopic (exact) mass is 595 g/mol. The molecule has 202 valence electrons. The number of nitrogens with zero attached hydrogens (tertiary/aromatic N) is 2. The Morgan fingerprint density at radius 3 is 2.59 bits per heavy atom. The van der Waals surface area contributed by atoms with Gasteiger partial charge in [-0.1, -0.05) is 22.0 Å². The maximum Gasteiger partial charge on any atom is 0.270 e. The van der Waals surface area contributed by atoms with Crippen LogP contribution in [0.4, 0.5) is 4.39 Å². The number of methoxy groups -OCH3 is 2. The third-order valence-electron chi connectivity index (χ3n) is 7.15. The van der Waals surface area contributed by atoms with Gasteiger partial charge in [0.1, 0.15) is 11.5 Å². The number of ether oxygens (including phenoxy) is 2. The van der Waals surface area contributed by atoms with Crippen LogP contribution >= 0.6 is 15.9 Å². The summed E-state index contributed by atoms with van der Waals surface area (Å²) in [4.78, 5) is 41.3. The largest absolute Gasteiger partial charge is 0.493 e.